The molecule has 28 heavy (non-hydrogen) atoms. The Morgan fingerprint density at radius 2 is 1.46 bits per heavy atom. The lowest BCUT2D eigenvalue weighted by Gasteiger charge is -2.10. The molecular formula is C22H44O6. The Balaban J connectivity index is 0. The largest absolute Gasteiger partial charge is 0.481 e. The number of unbranched alkanes of at least 4 members (excludes halogenated alkanes) is 8. The van der Waals surface area contributed by atoms with Gasteiger partial charge in [-0.3, -0.25) is 4.79 Å². The van der Waals surface area contributed by atoms with Crippen molar-refractivity contribution in [2.45, 2.75) is 122 Å². The van der Waals surface area contributed by atoms with E-state index >= 15 is 0 Å². The quantitative estimate of drug-likeness (QED) is 0.138. The molecule has 6 nitrogen and oxygen atoms in total. The Hall–Kier alpha value is -0.950. The van der Waals surface area contributed by atoms with Crippen LogP contribution in [0.25, 0.3) is 0 Å². The zero-order chi connectivity index (χ0) is 21.7. The molecule has 5 N–H and O–H groups in total. The molecule has 1 unspecified atom stereocenters. The topological polar surface area (TPSA) is 118 Å². The third-order valence-corrected chi connectivity index (χ3v) is 4.31. The molecule has 0 aliphatic rings. The fraction of sp³-hybridized carbons (Fsp3) is 0.864. The maximum absolute atomic E-state index is 10.3. The fourth-order valence-electron chi connectivity index (χ4n) is 2.70. The van der Waals surface area contributed by atoms with Crippen molar-refractivity contribution in [3.63, 3.8) is 0 Å². The Morgan fingerprint density at radius 3 is 2.00 bits per heavy atom. The third-order valence-electron chi connectivity index (χ3n) is 4.31. The first kappa shape index (κ1) is 29.3. The molecule has 1 atom stereocenters. The Kier molecular flexibility index (Phi) is 21.7. The second-order valence-electron chi connectivity index (χ2n) is 7.43. The van der Waals surface area contributed by atoms with E-state index in [0.717, 1.165) is 51.4 Å². The van der Waals surface area contributed by atoms with Gasteiger partial charge in [0.05, 0.1) is 6.10 Å². The van der Waals surface area contributed by atoms with Gasteiger partial charge in [0.2, 0.25) is 0 Å². The van der Waals surface area contributed by atoms with Crippen LogP contribution in [0.5, 0.6) is 0 Å². The monoisotopic (exact) mass is 404 g/mol. The van der Waals surface area contributed by atoms with Crippen LogP contribution in [0.4, 0.5) is 0 Å². The molecule has 0 bridgehead atoms. The maximum Gasteiger partial charge on any atom is 0.303 e. The molecule has 0 heterocycles. The van der Waals surface area contributed by atoms with Crippen LogP contribution in [0, 0.1) is 0 Å². The Morgan fingerprint density at radius 1 is 0.857 bits per heavy atom. The highest BCUT2D eigenvalue weighted by atomic mass is 16.7. The second kappa shape index (κ2) is 20.8. The maximum atomic E-state index is 10.3. The number of aliphatic carboxylic acids is 1. The lowest BCUT2D eigenvalue weighted by molar-refractivity contribution is -0.314. The lowest BCUT2D eigenvalue weighted by atomic mass is 10.1. The van der Waals surface area contributed by atoms with Crippen molar-refractivity contribution in [1.29, 1.82) is 0 Å². The highest BCUT2D eigenvalue weighted by Crippen LogP contribution is 2.10. The average molecular weight is 405 g/mol. The predicted octanol–water partition coefficient (Wildman–Crippen LogP) is 4.50. The summed E-state index contributed by atoms with van der Waals surface area (Å²) in [5, 5.41) is 42.7. The van der Waals surface area contributed by atoms with E-state index in [0.29, 0.717) is 12.8 Å². The van der Waals surface area contributed by atoms with E-state index in [4.69, 9.17) is 20.4 Å². The van der Waals surface area contributed by atoms with Crippen molar-refractivity contribution in [2.75, 3.05) is 0 Å². The van der Waals surface area contributed by atoms with E-state index in [2.05, 4.69) is 19.1 Å². The lowest BCUT2D eigenvalue weighted by Crippen LogP contribution is -2.26. The van der Waals surface area contributed by atoms with Gasteiger partial charge >= 0.3 is 5.97 Å². The van der Waals surface area contributed by atoms with Gasteiger partial charge in [0, 0.05) is 12.8 Å². The van der Waals surface area contributed by atoms with Gasteiger partial charge in [-0.15, -0.1) is 0 Å². The number of hydrogen-bond donors (Lipinski definition) is 5. The van der Waals surface area contributed by atoms with Crippen LogP contribution in [0.3, 0.4) is 0 Å². The van der Waals surface area contributed by atoms with Crippen molar-refractivity contribution in [3.05, 3.63) is 12.2 Å². The first-order valence-electron chi connectivity index (χ1n) is 10.9. The molecule has 0 saturated heterocycles. The summed E-state index contributed by atoms with van der Waals surface area (Å²) in [7, 11) is 0. The van der Waals surface area contributed by atoms with Crippen LogP contribution in [0.1, 0.15) is 110 Å². The van der Waals surface area contributed by atoms with E-state index in [-0.39, 0.29) is 12.5 Å². The van der Waals surface area contributed by atoms with E-state index in [1.165, 1.54) is 25.7 Å². The SMILES string of the molecule is CCCC(O)(O)O.CCCCCCC(O)C/C=C\CCCCCCCC(=O)O. The molecule has 0 fully saturated rings. The summed E-state index contributed by atoms with van der Waals surface area (Å²) in [5.41, 5.74) is 0. The average Bonchev–Trinajstić information content (AvgIpc) is 2.59. The Bertz CT molecular complexity index is 363. The number of carboxylic acid groups (broad SMARTS) is 1. The summed E-state index contributed by atoms with van der Waals surface area (Å²) in [6.45, 7) is 3.95. The molecule has 0 spiro atoms. The zero-order valence-corrected chi connectivity index (χ0v) is 18.0. The minimum Gasteiger partial charge on any atom is -0.481 e. The number of allylic oxidation sites excluding steroid dienone is 1. The number of carboxylic acids is 1. The number of aliphatic hydroxyl groups is 4. The summed E-state index contributed by atoms with van der Waals surface area (Å²) >= 11 is 0. The highest BCUT2D eigenvalue weighted by Gasteiger charge is 2.14. The molecule has 168 valence electrons. The fourth-order valence-corrected chi connectivity index (χ4v) is 2.70. The van der Waals surface area contributed by atoms with E-state index < -0.39 is 11.9 Å². The molecule has 0 saturated carbocycles. The van der Waals surface area contributed by atoms with E-state index in [1.54, 1.807) is 6.92 Å². The first-order chi connectivity index (χ1) is 13.2. The van der Waals surface area contributed by atoms with Gasteiger partial charge < -0.3 is 25.5 Å². The summed E-state index contributed by atoms with van der Waals surface area (Å²) < 4.78 is 0. The van der Waals surface area contributed by atoms with Crippen molar-refractivity contribution in [1.82, 2.24) is 0 Å². The molecule has 6 heteroatoms. The van der Waals surface area contributed by atoms with Crippen molar-refractivity contribution in [2.24, 2.45) is 0 Å². The Labute approximate surface area is 171 Å². The summed E-state index contributed by atoms with van der Waals surface area (Å²) in [6, 6.07) is 0. The van der Waals surface area contributed by atoms with Gasteiger partial charge in [-0.2, -0.15) is 0 Å². The molecule has 0 aromatic rings. The number of hydrogen-bond acceptors (Lipinski definition) is 5. The van der Waals surface area contributed by atoms with Crippen LogP contribution >= 0.6 is 0 Å². The molecule has 0 radical (unpaired) electrons. The predicted molar refractivity (Wildman–Crippen MR) is 113 cm³/mol. The molecule has 0 rings (SSSR count). The highest BCUT2D eigenvalue weighted by molar-refractivity contribution is 5.66. The van der Waals surface area contributed by atoms with Crippen LogP contribution < -0.4 is 0 Å². The second-order valence-corrected chi connectivity index (χ2v) is 7.43. The first-order valence-corrected chi connectivity index (χ1v) is 10.9. The van der Waals surface area contributed by atoms with Gasteiger partial charge in [-0.25, -0.2) is 0 Å². The van der Waals surface area contributed by atoms with Gasteiger partial charge in [-0.05, 0) is 38.5 Å². The minimum absolute atomic E-state index is 0.00694. The van der Waals surface area contributed by atoms with Crippen molar-refractivity contribution < 1.29 is 30.3 Å². The molecule has 0 aromatic heterocycles. The normalized spacial score (nSPS) is 12.6. The molecule has 0 amide bonds. The summed E-state index contributed by atoms with van der Waals surface area (Å²) in [6.07, 6.45) is 17.9. The van der Waals surface area contributed by atoms with Gasteiger partial charge in [0.1, 0.15) is 0 Å². The van der Waals surface area contributed by atoms with E-state index in [9.17, 15) is 9.90 Å². The minimum atomic E-state index is -2.45. The van der Waals surface area contributed by atoms with E-state index in [1.807, 2.05) is 0 Å². The standard InChI is InChI=1S/C18H34O3.C4H10O3/c1-2-3-4-11-14-17(19)15-12-9-7-5-6-8-10-13-16-18(20)21;1-2-3-4(5,6)7/h9,12,17,19H,2-8,10-11,13-16H2,1H3,(H,20,21);5-7H,2-3H2,1H3/b12-9-;. The van der Waals surface area contributed by atoms with Gasteiger partial charge in [0.25, 0.3) is 5.97 Å². The smallest absolute Gasteiger partial charge is 0.303 e. The molecule has 0 aliphatic carbocycles. The summed E-state index contributed by atoms with van der Waals surface area (Å²) in [5.74, 6) is -3.14. The number of rotatable bonds is 17. The zero-order valence-electron chi connectivity index (χ0n) is 18.0. The van der Waals surface area contributed by atoms with Crippen molar-refractivity contribution >= 4 is 5.97 Å². The van der Waals surface area contributed by atoms with Crippen LogP contribution in [0.15, 0.2) is 12.2 Å². The molecular weight excluding hydrogens is 360 g/mol. The number of aliphatic hydroxyl groups excluding tert-OH is 1. The molecule has 0 aromatic carbocycles. The third kappa shape index (κ3) is 29.8. The van der Waals surface area contributed by atoms with Gasteiger partial charge in [0.15, 0.2) is 0 Å². The summed E-state index contributed by atoms with van der Waals surface area (Å²) in [4.78, 5) is 10.3. The molecule has 0 aliphatic heterocycles. The number of carbonyl (C=O) groups is 1. The van der Waals surface area contributed by atoms with Crippen LogP contribution in [-0.4, -0.2) is 43.6 Å². The van der Waals surface area contributed by atoms with Crippen molar-refractivity contribution in [3.8, 4) is 0 Å². The van der Waals surface area contributed by atoms with Crippen LogP contribution in [0.2, 0.25) is 0 Å². The van der Waals surface area contributed by atoms with Crippen LogP contribution in [-0.2, 0) is 4.79 Å². The van der Waals surface area contributed by atoms with Gasteiger partial charge in [-0.1, -0.05) is 70.9 Å².